The number of rotatable bonds is 2. The Morgan fingerprint density at radius 2 is 1.53 bits per heavy atom. The minimum atomic E-state index is 0.809. The van der Waals surface area contributed by atoms with Crippen molar-refractivity contribution in [2.24, 2.45) is 0 Å². The molecule has 0 heterocycles. The number of benzene rings is 2. The zero-order chi connectivity index (χ0) is 12.7. The first kappa shape index (κ1) is 13.7. The van der Waals surface area contributed by atoms with Gasteiger partial charge in [0.25, 0.3) is 0 Å². The van der Waals surface area contributed by atoms with Crippen LogP contribution in [0.25, 0.3) is 0 Å². The van der Waals surface area contributed by atoms with Gasteiger partial charge in [-0.25, -0.2) is 0 Å². The predicted molar refractivity (Wildman–Crippen MR) is 77.5 cm³/mol. The highest BCUT2D eigenvalue weighted by molar-refractivity contribution is 7.99. The van der Waals surface area contributed by atoms with Gasteiger partial charge in [0.1, 0.15) is 0 Å². The van der Waals surface area contributed by atoms with Crippen molar-refractivity contribution >= 4 is 17.4 Å². The first-order valence-corrected chi connectivity index (χ1v) is 6.66. The molecule has 2 rings (SSSR count). The van der Waals surface area contributed by atoms with Gasteiger partial charge in [0.15, 0.2) is 0 Å². The van der Waals surface area contributed by atoms with Crippen LogP contribution in [0.1, 0.15) is 19.4 Å². The molecule has 0 aliphatic carbocycles. The molecular formula is C15H19NS. The molecule has 1 nitrogen and oxygen atoms in total. The third kappa shape index (κ3) is 4.53. The molecule has 90 valence electrons. The summed E-state index contributed by atoms with van der Waals surface area (Å²) in [5.74, 6) is 0. The van der Waals surface area contributed by atoms with E-state index in [2.05, 4.69) is 31.2 Å². The van der Waals surface area contributed by atoms with Crippen molar-refractivity contribution < 1.29 is 0 Å². The van der Waals surface area contributed by atoms with Crippen molar-refractivity contribution in [1.29, 1.82) is 0 Å². The molecule has 0 aliphatic heterocycles. The quantitative estimate of drug-likeness (QED) is 0.772. The molecule has 0 spiro atoms. The molecule has 0 aliphatic rings. The van der Waals surface area contributed by atoms with E-state index in [1.54, 1.807) is 11.8 Å². The lowest BCUT2D eigenvalue weighted by Gasteiger charge is -2.02. The number of nitrogen functional groups attached to an aromatic ring is 1. The maximum Gasteiger partial charge on any atom is 0.0314 e. The molecule has 17 heavy (non-hydrogen) atoms. The third-order valence-electron chi connectivity index (χ3n) is 2.11. The molecule has 0 aromatic heterocycles. The van der Waals surface area contributed by atoms with E-state index in [1.807, 2.05) is 38.1 Å². The third-order valence-corrected chi connectivity index (χ3v) is 3.10. The van der Waals surface area contributed by atoms with Gasteiger partial charge in [-0.2, -0.15) is 0 Å². The first-order chi connectivity index (χ1) is 8.24. The summed E-state index contributed by atoms with van der Waals surface area (Å²) < 4.78 is 0. The summed E-state index contributed by atoms with van der Waals surface area (Å²) in [6, 6.07) is 16.4. The van der Waals surface area contributed by atoms with Crippen LogP contribution in [-0.4, -0.2) is 0 Å². The minimum Gasteiger partial charge on any atom is -0.399 e. The van der Waals surface area contributed by atoms with E-state index in [1.165, 1.54) is 15.4 Å². The molecule has 2 N–H and O–H groups in total. The summed E-state index contributed by atoms with van der Waals surface area (Å²) in [6.07, 6.45) is 0. The van der Waals surface area contributed by atoms with Gasteiger partial charge in [0.2, 0.25) is 0 Å². The Balaban J connectivity index is 0.000000686. The second kappa shape index (κ2) is 7.02. The summed E-state index contributed by atoms with van der Waals surface area (Å²) in [4.78, 5) is 2.48. The highest BCUT2D eigenvalue weighted by atomic mass is 32.2. The Kier molecular flexibility index (Phi) is 5.64. The van der Waals surface area contributed by atoms with Crippen LogP contribution < -0.4 is 5.73 Å². The lowest BCUT2D eigenvalue weighted by Crippen LogP contribution is -1.82. The Hall–Kier alpha value is -1.41. The van der Waals surface area contributed by atoms with Crippen LogP contribution in [0.3, 0.4) is 0 Å². The molecule has 0 fully saturated rings. The molecule has 0 saturated heterocycles. The van der Waals surface area contributed by atoms with Gasteiger partial charge in [0, 0.05) is 15.5 Å². The van der Waals surface area contributed by atoms with E-state index >= 15 is 0 Å². The summed E-state index contributed by atoms with van der Waals surface area (Å²) >= 11 is 1.75. The molecule has 2 heteroatoms. The topological polar surface area (TPSA) is 26.0 Å². The van der Waals surface area contributed by atoms with Gasteiger partial charge in [-0.05, 0) is 43.3 Å². The van der Waals surface area contributed by atoms with Crippen LogP contribution >= 0.6 is 11.8 Å². The van der Waals surface area contributed by atoms with E-state index in [0.29, 0.717) is 0 Å². The molecule has 0 bridgehead atoms. The molecule has 0 amide bonds. The van der Waals surface area contributed by atoms with Crippen LogP contribution in [-0.2, 0) is 0 Å². The van der Waals surface area contributed by atoms with E-state index in [9.17, 15) is 0 Å². The van der Waals surface area contributed by atoms with Gasteiger partial charge in [-0.15, -0.1) is 0 Å². The van der Waals surface area contributed by atoms with Crippen molar-refractivity contribution in [3.8, 4) is 0 Å². The highest BCUT2D eigenvalue weighted by Gasteiger charge is 1.96. The lowest BCUT2D eigenvalue weighted by molar-refractivity contribution is 1.35. The standard InChI is InChI=1S/C13H13NS.C2H6/c1-10-3-2-4-13(9-10)15-12-7-5-11(14)6-8-12;1-2/h2-9H,14H2,1H3;1-2H3. The molecule has 0 atom stereocenters. The molecule has 0 radical (unpaired) electrons. The highest BCUT2D eigenvalue weighted by Crippen LogP contribution is 2.28. The average molecular weight is 245 g/mol. The molecular weight excluding hydrogens is 226 g/mol. The number of hydrogen-bond donors (Lipinski definition) is 1. The van der Waals surface area contributed by atoms with Gasteiger partial charge in [-0.1, -0.05) is 43.3 Å². The van der Waals surface area contributed by atoms with E-state index < -0.39 is 0 Å². The fourth-order valence-corrected chi connectivity index (χ4v) is 2.29. The second-order valence-electron chi connectivity index (χ2n) is 3.49. The fraction of sp³-hybridized carbons (Fsp3) is 0.200. The van der Waals surface area contributed by atoms with Gasteiger partial charge in [0.05, 0.1) is 0 Å². The Morgan fingerprint density at radius 1 is 0.882 bits per heavy atom. The zero-order valence-corrected chi connectivity index (χ0v) is 11.4. The number of hydrogen-bond acceptors (Lipinski definition) is 2. The predicted octanol–water partition coefficient (Wildman–Crippen LogP) is 4.75. The van der Waals surface area contributed by atoms with Crippen molar-refractivity contribution in [2.75, 3.05) is 5.73 Å². The number of anilines is 1. The SMILES string of the molecule is CC.Cc1cccc(Sc2ccc(N)cc2)c1. The largest absolute Gasteiger partial charge is 0.399 e. The lowest BCUT2D eigenvalue weighted by atomic mass is 10.2. The Labute approximate surface area is 108 Å². The Morgan fingerprint density at radius 3 is 2.12 bits per heavy atom. The maximum absolute atomic E-state index is 5.63. The van der Waals surface area contributed by atoms with E-state index in [4.69, 9.17) is 5.73 Å². The number of nitrogens with two attached hydrogens (primary N) is 1. The summed E-state index contributed by atoms with van der Waals surface area (Å²) in [5.41, 5.74) is 7.73. The molecule has 2 aromatic rings. The first-order valence-electron chi connectivity index (χ1n) is 5.84. The van der Waals surface area contributed by atoms with Crippen LogP contribution in [0.4, 0.5) is 5.69 Å². The van der Waals surface area contributed by atoms with Crippen molar-refractivity contribution in [3.05, 3.63) is 54.1 Å². The van der Waals surface area contributed by atoms with E-state index in [-0.39, 0.29) is 0 Å². The second-order valence-corrected chi connectivity index (χ2v) is 4.63. The van der Waals surface area contributed by atoms with Gasteiger partial charge >= 0.3 is 0 Å². The van der Waals surface area contributed by atoms with E-state index in [0.717, 1.165) is 5.69 Å². The normalized spacial score (nSPS) is 9.35. The summed E-state index contributed by atoms with van der Waals surface area (Å²) in [6.45, 7) is 6.10. The average Bonchev–Trinajstić information content (AvgIpc) is 2.35. The molecule has 0 unspecified atom stereocenters. The zero-order valence-electron chi connectivity index (χ0n) is 10.6. The number of aryl methyl sites for hydroxylation is 1. The maximum atomic E-state index is 5.63. The smallest absolute Gasteiger partial charge is 0.0314 e. The van der Waals surface area contributed by atoms with Crippen molar-refractivity contribution in [1.82, 2.24) is 0 Å². The van der Waals surface area contributed by atoms with Crippen molar-refractivity contribution in [3.63, 3.8) is 0 Å². The Bertz CT molecular complexity index is 449. The minimum absolute atomic E-state index is 0.809. The van der Waals surface area contributed by atoms with Crippen LogP contribution in [0.15, 0.2) is 58.3 Å². The van der Waals surface area contributed by atoms with Gasteiger partial charge in [-0.3, -0.25) is 0 Å². The van der Waals surface area contributed by atoms with Gasteiger partial charge < -0.3 is 5.73 Å². The molecule has 2 aromatic carbocycles. The monoisotopic (exact) mass is 245 g/mol. The van der Waals surface area contributed by atoms with Crippen LogP contribution in [0, 0.1) is 6.92 Å². The summed E-state index contributed by atoms with van der Waals surface area (Å²) in [5, 5.41) is 0. The fourth-order valence-electron chi connectivity index (χ4n) is 1.35. The van der Waals surface area contributed by atoms with Crippen LogP contribution in [0.5, 0.6) is 0 Å². The summed E-state index contributed by atoms with van der Waals surface area (Å²) in [7, 11) is 0. The van der Waals surface area contributed by atoms with Crippen LogP contribution in [0.2, 0.25) is 0 Å². The molecule has 0 saturated carbocycles. The van der Waals surface area contributed by atoms with Crippen molar-refractivity contribution in [2.45, 2.75) is 30.6 Å².